The van der Waals surface area contributed by atoms with Gasteiger partial charge in [-0.3, -0.25) is 4.68 Å². The van der Waals surface area contributed by atoms with Crippen molar-refractivity contribution in [3.05, 3.63) is 16.4 Å². The Morgan fingerprint density at radius 2 is 2.00 bits per heavy atom. The van der Waals surface area contributed by atoms with Crippen molar-refractivity contribution >= 4 is 11.6 Å². The molecule has 1 saturated carbocycles. The standard InChI is InChI=1S/C16H28ClN3/c1-4-14-16(17)15(20(5-2)19-14)11-18-12(3)13-9-7-6-8-10-13/h12-13,18H,4-11H2,1-3H3. The summed E-state index contributed by atoms with van der Waals surface area (Å²) in [5.41, 5.74) is 2.17. The fourth-order valence-corrected chi connectivity index (χ4v) is 3.58. The van der Waals surface area contributed by atoms with Gasteiger partial charge in [-0.25, -0.2) is 0 Å². The zero-order valence-electron chi connectivity index (χ0n) is 13.1. The molecule has 4 heteroatoms. The highest BCUT2D eigenvalue weighted by molar-refractivity contribution is 6.31. The van der Waals surface area contributed by atoms with Crippen LogP contribution in [0.2, 0.25) is 5.02 Å². The minimum Gasteiger partial charge on any atom is -0.308 e. The lowest BCUT2D eigenvalue weighted by Crippen LogP contribution is -2.34. The first kappa shape index (κ1) is 15.8. The Morgan fingerprint density at radius 1 is 1.30 bits per heavy atom. The first-order chi connectivity index (χ1) is 9.67. The second-order valence-electron chi connectivity index (χ2n) is 5.94. The van der Waals surface area contributed by atoms with Crippen LogP contribution in [0.5, 0.6) is 0 Å². The van der Waals surface area contributed by atoms with Crippen LogP contribution in [0, 0.1) is 5.92 Å². The maximum absolute atomic E-state index is 6.45. The van der Waals surface area contributed by atoms with Crippen LogP contribution in [0.25, 0.3) is 0 Å². The minimum atomic E-state index is 0.566. The van der Waals surface area contributed by atoms with Crippen LogP contribution in [0.4, 0.5) is 0 Å². The van der Waals surface area contributed by atoms with Crippen molar-refractivity contribution in [2.75, 3.05) is 0 Å². The number of nitrogens with zero attached hydrogens (tertiary/aromatic N) is 2. The molecule has 20 heavy (non-hydrogen) atoms. The molecular weight excluding hydrogens is 270 g/mol. The van der Waals surface area contributed by atoms with Crippen molar-refractivity contribution in [1.29, 1.82) is 0 Å². The second kappa shape index (κ2) is 7.46. The van der Waals surface area contributed by atoms with Crippen LogP contribution in [0.15, 0.2) is 0 Å². The number of aromatic nitrogens is 2. The molecule has 2 rings (SSSR count). The van der Waals surface area contributed by atoms with Crippen molar-refractivity contribution in [2.24, 2.45) is 5.92 Å². The van der Waals surface area contributed by atoms with Crippen LogP contribution in [-0.2, 0) is 19.5 Å². The summed E-state index contributed by atoms with van der Waals surface area (Å²) in [5, 5.41) is 9.12. The number of hydrogen-bond acceptors (Lipinski definition) is 2. The smallest absolute Gasteiger partial charge is 0.0863 e. The number of aryl methyl sites for hydroxylation is 2. The summed E-state index contributed by atoms with van der Waals surface area (Å²) in [6.45, 7) is 8.26. The molecule has 0 aliphatic heterocycles. The van der Waals surface area contributed by atoms with Gasteiger partial charge in [0.2, 0.25) is 0 Å². The topological polar surface area (TPSA) is 29.9 Å². The lowest BCUT2D eigenvalue weighted by atomic mass is 9.84. The Morgan fingerprint density at radius 3 is 2.60 bits per heavy atom. The van der Waals surface area contributed by atoms with Crippen LogP contribution in [0.3, 0.4) is 0 Å². The maximum atomic E-state index is 6.45. The van der Waals surface area contributed by atoms with E-state index >= 15 is 0 Å². The summed E-state index contributed by atoms with van der Waals surface area (Å²) in [7, 11) is 0. The molecule has 1 atom stereocenters. The van der Waals surface area contributed by atoms with Crippen LogP contribution >= 0.6 is 11.6 Å². The van der Waals surface area contributed by atoms with Gasteiger partial charge in [0, 0.05) is 19.1 Å². The van der Waals surface area contributed by atoms with E-state index in [1.165, 1.54) is 32.1 Å². The zero-order chi connectivity index (χ0) is 14.5. The van der Waals surface area contributed by atoms with Crippen LogP contribution in [0.1, 0.15) is 64.3 Å². The highest BCUT2D eigenvalue weighted by Crippen LogP contribution is 2.27. The third-order valence-electron chi connectivity index (χ3n) is 4.64. The van der Waals surface area contributed by atoms with Crippen molar-refractivity contribution < 1.29 is 0 Å². The van der Waals surface area contributed by atoms with Crippen molar-refractivity contribution in [3.8, 4) is 0 Å². The Balaban J connectivity index is 1.97. The van der Waals surface area contributed by atoms with Crippen molar-refractivity contribution in [1.82, 2.24) is 15.1 Å². The maximum Gasteiger partial charge on any atom is 0.0863 e. The quantitative estimate of drug-likeness (QED) is 0.854. The lowest BCUT2D eigenvalue weighted by Gasteiger charge is -2.28. The molecule has 0 aromatic carbocycles. The first-order valence-corrected chi connectivity index (χ1v) is 8.52. The monoisotopic (exact) mass is 297 g/mol. The average molecular weight is 298 g/mol. The highest BCUT2D eigenvalue weighted by Gasteiger charge is 2.21. The van der Waals surface area contributed by atoms with E-state index < -0.39 is 0 Å². The predicted octanol–water partition coefficient (Wildman–Crippen LogP) is 4.18. The van der Waals surface area contributed by atoms with E-state index in [-0.39, 0.29) is 0 Å². The van der Waals surface area contributed by atoms with Crippen LogP contribution in [-0.4, -0.2) is 15.8 Å². The second-order valence-corrected chi connectivity index (χ2v) is 6.32. The fraction of sp³-hybridized carbons (Fsp3) is 0.812. The molecule has 1 aromatic rings. The fourth-order valence-electron chi connectivity index (χ4n) is 3.24. The Hall–Kier alpha value is -0.540. The van der Waals surface area contributed by atoms with Gasteiger partial charge in [-0.2, -0.15) is 5.10 Å². The van der Waals surface area contributed by atoms with E-state index in [2.05, 4.69) is 31.2 Å². The Bertz CT molecular complexity index is 422. The van der Waals surface area contributed by atoms with Gasteiger partial charge < -0.3 is 5.32 Å². The summed E-state index contributed by atoms with van der Waals surface area (Å²) in [6, 6.07) is 0.566. The third-order valence-corrected chi connectivity index (χ3v) is 5.08. The van der Waals surface area contributed by atoms with Crippen molar-refractivity contribution in [3.63, 3.8) is 0 Å². The van der Waals surface area contributed by atoms with Gasteiger partial charge in [0.1, 0.15) is 0 Å². The van der Waals surface area contributed by atoms with E-state index in [1.807, 2.05) is 4.68 Å². The Labute approximate surface area is 128 Å². The summed E-state index contributed by atoms with van der Waals surface area (Å²) >= 11 is 6.45. The summed E-state index contributed by atoms with van der Waals surface area (Å²) in [4.78, 5) is 0. The van der Waals surface area contributed by atoms with Gasteiger partial charge in [0.25, 0.3) is 0 Å². The van der Waals surface area contributed by atoms with E-state index in [0.29, 0.717) is 6.04 Å². The molecule has 0 saturated heterocycles. The number of hydrogen-bond donors (Lipinski definition) is 1. The van der Waals surface area contributed by atoms with E-state index in [0.717, 1.165) is 41.8 Å². The summed E-state index contributed by atoms with van der Waals surface area (Å²) in [6.07, 6.45) is 7.84. The van der Waals surface area contributed by atoms with Gasteiger partial charge >= 0.3 is 0 Å². The molecule has 1 fully saturated rings. The molecule has 1 heterocycles. The van der Waals surface area contributed by atoms with E-state index in [9.17, 15) is 0 Å². The molecule has 1 aromatic heterocycles. The molecule has 1 aliphatic carbocycles. The van der Waals surface area contributed by atoms with E-state index in [4.69, 9.17) is 11.6 Å². The number of halogens is 1. The molecule has 0 bridgehead atoms. The molecule has 0 radical (unpaired) electrons. The molecule has 114 valence electrons. The largest absolute Gasteiger partial charge is 0.308 e. The third kappa shape index (κ3) is 3.56. The van der Waals surface area contributed by atoms with Gasteiger partial charge in [-0.05, 0) is 39.0 Å². The van der Waals surface area contributed by atoms with Gasteiger partial charge in [0.05, 0.1) is 16.4 Å². The summed E-state index contributed by atoms with van der Waals surface area (Å²) in [5.74, 6) is 0.825. The lowest BCUT2D eigenvalue weighted by molar-refractivity contribution is 0.279. The number of nitrogens with one attached hydrogen (secondary N) is 1. The van der Waals surface area contributed by atoms with Gasteiger partial charge in [-0.15, -0.1) is 0 Å². The molecule has 1 unspecified atom stereocenters. The Kier molecular flexibility index (Phi) is 5.91. The van der Waals surface area contributed by atoms with Crippen molar-refractivity contribution in [2.45, 2.75) is 78.4 Å². The molecule has 3 nitrogen and oxygen atoms in total. The highest BCUT2D eigenvalue weighted by atomic mass is 35.5. The van der Waals surface area contributed by atoms with E-state index in [1.54, 1.807) is 0 Å². The molecule has 1 aliphatic rings. The van der Waals surface area contributed by atoms with Crippen LogP contribution < -0.4 is 5.32 Å². The molecule has 1 N–H and O–H groups in total. The summed E-state index contributed by atoms with van der Waals surface area (Å²) < 4.78 is 2.04. The molecular formula is C16H28ClN3. The SMILES string of the molecule is CCc1nn(CC)c(CNC(C)C2CCCCC2)c1Cl. The zero-order valence-corrected chi connectivity index (χ0v) is 13.8. The molecule has 0 spiro atoms. The van der Waals surface area contributed by atoms with Gasteiger partial charge in [0.15, 0.2) is 0 Å². The minimum absolute atomic E-state index is 0.566. The predicted molar refractivity (Wildman–Crippen MR) is 85.2 cm³/mol. The van der Waals surface area contributed by atoms with Gasteiger partial charge in [-0.1, -0.05) is 37.8 Å². The first-order valence-electron chi connectivity index (χ1n) is 8.14. The average Bonchev–Trinajstić information content (AvgIpc) is 2.81. The molecule has 0 amide bonds. The number of rotatable bonds is 6. The normalized spacial score (nSPS) is 18.4.